The van der Waals surface area contributed by atoms with Crippen LogP contribution in [-0.2, 0) is 20.7 Å². The third-order valence-corrected chi connectivity index (χ3v) is 5.10. The molecule has 2 aromatic carbocycles. The van der Waals surface area contributed by atoms with Crippen molar-refractivity contribution in [2.45, 2.75) is 18.2 Å². The second kappa shape index (κ2) is 6.35. The summed E-state index contributed by atoms with van der Waals surface area (Å²) >= 11 is 5.98. The van der Waals surface area contributed by atoms with Gasteiger partial charge in [0.15, 0.2) is 0 Å². The topological polar surface area (TPSA) is 56.5 Å². The van der Waals surface area contributed by atoms with Gasteiger partial charge in [0, 0.05) is 22.4 Å². The van der Waals surface area contributed by atoms with Gasteiger partial charge in [-0.3, -0.25) is 4.18 Å². The largest absolute Gasteiger partial charge is 0.464 e. The Labute approximate surface area is 139 Å². The van der Waals surface area contributed by atoms with E-state index in [0.717, 1.165) is 16.5 Å². The number of benzene rings is 2. The third kappa shape index (κ3) is 3.58. The Kier molecular flexibility index (Phi) is 4.43. The van der Waals surface area contributed by atoms with Gasteiger partial charge < -0.3 is 4.42 Å². The van der Waals surface area contributed by atoms with Crippen molar-refractivity contribution in [1.82, 2.24) is 0 Å². The molecule has 1 aromatic heterocycles. The average Bonchev–Trinajstić information content (AvgIpc) is 2.90. The molecule has 0 bridgehead atoms. The van der Waals surface area contributed by atoms with E-state index in [1.165, 1.54) is 12.1 Å². The highest BCUT2D eigenvalue weighted by atomic mass is 35.5. The molecule has 4 nitrogen and oxygen atoms in total. The molecule has 6 heteroatoms. The van der Waals surface area contributed by atoms with E-state index < -0.39 is 10.1 Å². The lowest BCUT2D eigenvalue weighted by Crippen LogP contribution is -2.09. The Bertz CT molecular complexity index is 927. The van der Waals surface area contributed by atoms with E-state index in [1.54, 1.807) is 36.6 Å². The van der Waals surface area contributed by atoms with Crippen molar-refractivity contribution in [3.8, 4) is 0 Å². The summed E-state index contributed by atoms with van der Waals surface area (Å²) in [5.74, 6) is 0. The van der Waals surface area contributed by atoms with Crippen LogP contribution in [0.25, 0.3) is 11.0 Å². The second-order valence-electron chi connectivity index (χ2n) is 5.24. The van der Waals surface area contributed by atoms with Gasteiger partial charge in [-0.15, -0.1) is 0 Å². The van der Waals surface area contributed by atoms with Gasteiger partial charge in [0.05, 0.1) is 17.8 Å². The summed E-state index contributed by atoms with van der Waals surface area (Å²) in [6.45, 7) is 1.93. The first-order valence-corrected chi connectivity index (χ1v) is 8.86. The van der Waals surface area contributed by atoms with Crippen LogP contribution in [0.2, 0.25) is 5.02 Å². The minimum absolute atomic E-state index is 0.0390. The van der Waals surface area contributed by atoms with Crippen LogP contribution in [0, 0.1) is 6.92 Å². The van der Waals surface area contributed by atoms with Crippen LogP contribution < -0.4 is 0 Å². The van der Waals surface area contributed by atoms with Crippen molar-refractivity contribution >= 4 is 32.7 Å². The number of hydrogen-bond acceptors (Lipinski definition) is 4. The molecule has 0 aliphatic heterocycles. The van der Waals surface area contributed by atoms with Crippen molar-refractivity contribution in [3.63, 3.8) is 0 Å². The Morgan fingerprint density at radius 1 is 1.13 bits per heavy atom. The molecule has 3 rings (SSSR count). The van der Waals surface area contributed by atoms with Gasteiger partial charge in [-0.2, -0.15) is 8.42 Å². The first-order valence-electron chi connectivity index (χ1n) is 7.07. The molecule has 0 amide bonds. The molecule has 0 atom stereocenters. The van der Waals surface area contributed by atoms with Crippen LogP contribution in [-0.4, -0.2) is 15.0 Å². The molecule has 0 spiro atoms. The number of aryl methyl sites for hydroxylation is 1. The highest BCUT2D eigenvalue weighted by molar-refractivity contribution is 7.86. The van der Waals surface area contributed by atoms with E-state index in [-0.39, 0.29) is 11.5 Å². The normalized spacial score (nSPS) is 11.9. The van der Waals surface area contributed by atoms with Crippen molar-refractivity contribution in [1.29, 1.82) is 0 Å². The van der Waals surface area contributed by atoms with Crippen LogP contribution in [0.15, 0.2) is 58.0 Å². The highest BCUT2D eigenvalue weighted by Gasteiger charge is 2.15. The smallest absolute Gasteiger partial charge is 0.296 e. The van der Waals surface area contributed by atoms with Crippen molar-refractivity contribution < 1.29 is 17.0 Å². The summed E-state index contributed by atoms with van der Waals surface area (Å²) in [7, 11) is -3.75. The maximum Gasteiger partial charge on any atom is 0.296 e. The van der Waals surface area contributed by atoms with Gasteiger partial charge in [-0.1, -0.05) is 29.3 Å². The minimum Gasteiger partial charge on any atom is -0.464 e. The van der Waals surface area contributed by atoms with E-state index in [9.17, 15) is 8.42 Å². The molecule has 23 heavy (non-hydrogen) atoms. The third-order valence-electron chi connectivity index (χ3n) is 3.54. The number of furan rings is 1. The quantitative estimate of drug-likeness (QED) is 0.642. The Hall–Kier alpha value is -1.82. The lowest BCUT2D eigenvalue weighted by Gasteiger charge is -2.05. The zero-order chi connectivity index (χ0) is 16.4. The first-order chi connectivity index (χ1) is 11.0. The average molecular weight is 351 g/mol. The zero-order valence-electron chi connectivity index (χ0n) is 12.5. The molecule has 0 saturated carbocycles. The molecular weight excluding hydrogens is 336 g/mol. The lowest BCUT2D eigenvalue weighted by molar-refractivity contribution is 0.322. The van der Waals surface area contributed by atoms with Crippen molar-refractivity contribution in [3.05, 3.63) is 64.9 Å². The van der Waals surface area contributed by atoms with E-state index in [2.05, 4.69) is 0 Å². The predicted molar refractivity (Wildman–Crippen MR) is 89.2 cm³/mol. The van der Waals surface area contributed by atoms with Crippen LogP contribution in [0.3, 0.4) is 0 Å². The van der Waals surface area contributed by atoms with E-state index in [1.807, 2.05) is 6.92 Å². The van der Waals surface area contributed by atoms with E-state index >= 15 is 0 Å². The summed E-state index contributed by atoms with van der Waals surface area (Å²) in [6, 6.07) is 11.9. The maximum atomic E-state index is 12.1. The number of rotatable bonds is 5. The van der Waals surface area contributed by atoms with E-state index in [4.69, 9.17) is 20.2 Å². The molecule has 0 aliphatic carbocycles. The van der Waals surface area contributed by atoms with Crippen LogP contribution >= 0.6 is 11.6 Å². The summed E-state index contributed by atoms with van der Waals surface area (Å²) in [5.41, 5.74) is 2.57. The van der Waals surface area contributed by atoms with Crippen molar-refractivity contribution in [2.75, 3.05) is 6.61 Å². The van der Waals surface area contributed by atoms with E-state index in [0.29, 0.717) is 17.0 Å². The van der Waals surface area contributed by atoms with Gasteiger partial charge in [0.2, 0.25) is 0 Å². The van der Waals surface area contributed by atoms with Gasteiger partial charge in [-0.25, -0.2) is 0 Å². The zero-order valence-corrected chi connectivity index (χ0v) is 14.0. The van der Waals surface area contributed by atoms with Crippen LogP contribution in [0.4, 0.5) is 0 Å². The Balaban J connectivity index is 1.70. The summed E-state index contributed by atoms with van der Waals surface area (Å²) in [5, 5.41) is 1.47. The van der Waals surface area contributed by atoms with Gasteiger partial charge in [0.1, 0.15) is 5.58 Å². The van der Waals surface area contributed by atoms with Gasteiger partial charge in [-0.05, 0) is 37.3 Å². The Morgan fingerprint density at radius 3 is 2.61 bits per heavy atom. The maximum absolute atomic E-state index is 12.1. The SMILES string of the molecule is Cc1ccc(S(=O)(=O)OCCc2coc3ccc(Cl)cc23)cc1. The molecular formula is C17H15ClO4S. The molecule has 0 N–H and O–H groups in total. The number of fused-ring (bicyclic) bond motifs is 1. The summed E-state index contributed by atoms with van der Waals surface area (Å²) < 4.78 is 34.8. The molecule has 120 valence electrons. The van der Waals surface area contributed by atoms with Crippen LogP contribution in [0.1, 0.15) is 11.1 Å². The fraction of sp³-hybridized carbons (Fsp3) is 0.176. The van der Waals surface area contributed by atoms with Crippen molar-refractivity contribution in [2.24, 2.45) is 0 Å². The van der Waals surface area contributed by atoms with Gasteiger partial charge in [0.25, 0.3) is 10.1 Å². The molecule has 3 aromatic rings. The monoisotopic (exact) mass is 350 g/mol. The number of halogens is 1. The van der Waals surface area contributed by atoms with Crippen LogP contribution in [0.5, 0.6) is 0 Å². The Morgan fingerprint density at radius 2 is 1.87 bits per heavy atom. The molecule has 0 aliphatic rings. The standard InChI is InChI=1S/C17H15ClO4S/c1-12-2-5-15(6-3-12)23(19,20)22-9-8-13-11-21-17-7-4-14(18)10-16(13)17/h2-7,10-11H,8-9H2,1H3. The molecule has 0 unspecified atom stereocenters. The summed E-state index contributed by atoms with van der Waals surface area (Å²) in [4.78, 5) is 0.156. The highest BCUT2D eigenvalue weighted by Crippen LogP contribution is 2.25. The second-order valence-corrected chi connectivity index (χ2v) is 7.29. The molecule has 1 heterocycles. The molecule has 0 radical (unpaired) electrons. The lowest BCUT2D eigenvalue weighted by atomic mass is 10.1. The predicted octanol–water partition coefficient (Wildman–Crippen LogP) is 4.34. The molecule has 0 saturated heterocycles. The fourth-order valence-electron chi connectivity index (χ4n) is 2.28. The van der Waals surface area contributed by atoms with Gasteiger partial charge >= 0.3 is 0 Å². The fourth-order valence-corrected chi connectivity index (χ4v) is 3.36. The summed E-state index contributed by atoms with van der Waals surface area (Å²) in [6.07, 6.45) is 2.02. The number of hydrogen-bond donors (Lipinski definition) is 0. The first kappa shape index (κ1) is 16.1. The minimum atomic E-state index is -3.75. The molecule has 0 fully saturated rings.